The topological polar surface area (TPSA) is 74.9 Å². The van der Waals surface area contributed by atoms with Gasteiger partial charge in [0.1, 0.15) is 11.6 Å². The van der Waals surface area contributed by atoms with Crippen molar-refractivity contribution in [3.05, 3.63) is 78.2 Å². The number of nitrogens with two attached hydrogens (primary N) is 1. The van der Waals surface area contributed by atoms with Gasteiger partial charge in [0, 0.05) is 68.5 Å². The number of aromatic nitrogens is 1. The molecule has 2 aromatic carbocycles. The Morgan fingerprint density at radius 2 is 1.57 bits per heavy atom. The number of carbonyl (C=O) groups excluding carboxylic acids is 1. The molecule has 1 aliphatic carbocycles. The first kappa shape index (κ1) is 32.4. The summed E-state index contributed by atoms with van der Waals surface area (Å²) in [5.41, 5.74) is 8.63. The van der Waals surface area contributed by atoms with Gasteiger partial charge in [-0.2, -0.15) is 0 Å². The molecule has 236 valence electrons. The minimum absolute atomic E-state index is 0.224. The van der Waals surface area contributed by atoms with E-state index in [9.17, 15) is 9.18 Å². The summed E-state index contributed by atoms with van der Waals surface area (Å²) in [6.07, 6.45) is 11.5. The average Bonchev–Trinajstić information content (AvgIpc) is 3.07. The van der Waals surface area contributed by atoms with Gasteiger partial charge in [-0.15, -0.1) is 0 Å². The lowest BCUT2D eigenvalue weighted by atomic mass is 9.90. The van der Waals surface area contributed by atoms with Crippen LogP contribution in [0.3, 0.4) is 0 Å². The first-order chi connectivity index (χ1) is 21.5. The SMILES string of the molecule is Fc1ccc(-c2ccc(CN3CCN(Sc4ccc(OCC5CCCCC5)cc4)CC3)cn2)cc1.NC1CCN(C=O)CC1. The maximum absolute atomic E-state index is 13.1. The molecule has 7 nitrogen and oxygen atoms in total. The molecule has 0 atom stereocenters. The number of carbonyl (C=O) groups is 1. The summed E-state index contributed by atoms with van der Waals surface area (Å²) in [5.74, 6) is 1.50. The van der Waals surface area contributed by atoms with Crippen LogP contribution in [0, 0.1) is 11.7 Å². The Hall–Kier alpha value is -2.98. The molecule has 2 N–H and O–H groups in total. The van der Waals surface area contributed by atoms with Crippen molar-refractivity contribution in [2.24, 2.45) is 11.7 Å². The first-order valence-corrected chi connectivity index (χ1v) is 16.9. The molecule has 2 saturated heterocycles. The highest BCUT2D eigenvalue weighted by molar-refractivity contribution is 7.97. The number of amides is 1. The molecule has 3 aromatic rings. The van der Waals surface area contributed by atoms with E-state index in [2.05, 4.69) is 44.5 Å². The van der Waals surface area contributed by atoms with Crippen LogP contribution in [0.15, 0.2) is 71.8 Å². The number of hydrogen-bond acceptors (Lipinski definition) is 7. The third kappa shape index (κ3) is 10.3. The van der Waals surface area contributed by atoms with Gasteiger partial charge in [-0.05, 0) is 104 Å². The largest absolute Gasteiger partial charge is 0.493 e. The molecule has 0 radical (unpaired) electrons. The van der Waals surface area contributed by atoms with Crippen molar-refractivity contribution in [1.82, 2.24) is 19.1 Å². The molecule has 3 heterocycles. The molecule has 3 aliphatic rings. The van der Waals surface area contributed by atoms with E-state index in [1.807, 2.05) is 24.2 Å². The summed E-state index contributed by atoms with van der Waals surface area (Å²) in [5, 5.41) is 0. The quantitative estimate of drug-likeness (QED) is 0.225. The van der Waals surface area contributed by atoms with Gasteiger partial charge in [-0.25, -0.2) is 8.70 Å². The van der Waals surface area contributed by atoms with E-state index in [1.165, 1.54) is 54.7 Å². The van der Waals surface area contributed by atoms with E-state index < -0.39 is 0 Å². The third-order valence-corrected chi connectivity index (χ3v) is 9.80. The lowest BCUT2D eigenvalue weighted by Crippen LogP contribution is -2.42. The van der Waals surface area contributed by atoms with E-state index in [1.54, 1.807) is 17.0 Å². The van der Waals surface area contributed by atoms with Gasteiger partial charge in [0.15, 0.2) is 0 Å². The molecule has 0 unspecified atom stereocenters. The van der Waals surface area contributed by atoms with Crippen LogP contribution in [-0.4, -0.2) is 77.4 Å². The minimum Gasteiger partial charge on any atom is -0.493 e. The molecular weight excluding hydrogens is 573 g/mol. The predicted octanol–water partition coefficient (Wildman–Crippen LogP) is 6.24. The molecule has 6 rings (SSSR count). The fourth-order valence-electron chi connectivity index (χ4n) is 5.89. The van der Waals surface area contributed by atoms with Gasteiger partial charge < -0.3 is 15.4 Å². The van der Waals surface area contributed by atoms with Gasteiger partial charge >= 0.3 is 0 Å². The second kappa shape index (κ2) is 16.9. The number of benzene rings is 2. The Morgan fingerprint density at radius 3 is 2.20 bits per heavy atom. The Morgan fingerprint density at radius 1 is 0.864 bits per heavy atom. The Balaban J connectivity index is 0.000000367. The van der Waals surface area contributed by atoms with E-state index in [0.717, 1.165) is 94.6 Å². The van der Waals surface area contributed by atoms with E-state index in [0.29, 0.717) is 6.04 Å². The molecule has 3 fully saturated rings. The van der Waals surface area contributed by atoms with Crippen LogP contribution in [-0.2, 0) is 11.3 Å². The van der Waals surface area contributed by atoms with E-state index in [-0.39, 0.29) is 5.82 Å². The molecule has 1 aromatic heterocycles. The van der Waals surface area contributed by atoms with Crippen molar-refractivity contribution in [3.8, 4) is 17.0 Å². The first-order valence-electron chi connectivity index (χ1n) is 16.1. The van der Waals surface area contributed by atoms with E-state index >= 15 is 0 Å². The zero-order valence-corrected chi connectivity index (χ0v) is 26.5. The number of halogens is 1. The maximum atomic E-state index is 13.1. The van der Waals surface area contributed by atoms with Crippen molar-refractivity contribution in [1.29, 1.82) is 0 Å². The highest BCUT2D eigenvalue weighted by Gasteiger charge is 2.19. The van der Waals surface area contributed by atoms with Crippen LogP contribution in [0.25, 0.3) is 11.3 Å². The average molecular weight is 620 g/mol. The summed E-state index contributed by atoms with van der Waals surface area (Å²) in [6.45, 7) is 7.58. The summed E-state index contributed by atoms with van der Waals surface area (Å²) in [6, 6.07) is 19.6. The molecule has 1 amide bonds. The van der Waals surface area contributed by atoms with Crippen LogP contribution >= 0.6 is 11.9 Å². The molecule has 2 aliphatic heterocycles. The number of nitrogens with zero attached hydrogens (tertiary/aromatic N) is 4. The number of hydrogen-bond donors (Lipinski definition) is 1. The molecule has 0 bridgehead atoms. The summed E-state index contributed by atoms with van der Waals surface area (Å²) in [4.78, 5) is 20.3. The fourth-order valence-corrected chi connectivity index (χ4v) is 6.79. The monoisotopic (exact) mass is 619 g/mol. The number of piperazine rings is 1. The summed E-state index contributed by atoms with van der Waals surface area (Å²) < 4.78 is 21.6. The smallest absolute Gasteiger partial charge is 0.209 e. The second-order valence-corrected chi connectivity index (χ2v) is 13.3. The Bertz CT molecular complexity index is 1260. The number of rotatable bonds is 9. The zero-order chi connectivity index (χ0) is 30.6. The Labute approximate surface area is 266 Å². The van der Waals surface area contributed by atoms with Crippen LogP contribution in [0.5, 0.6) is 5.75 Å². The van der Waals surface area contributed by atoms with E-state index in [4.69, 9.17) is 10.5 Å². The van der Waals surface area contributed by atoms with Crippen molar-refractivity contribution in [2.45, 2.75) is 62.4 Å². The molecular formula is C35H46FN5O2S. The third-order valence-electron chi connectivity index (χ3n) is 8.69. The minimum atomic E-state index is -0.224. The van der Waals surface area contributed by atoms with Gasteiger partial charge in [-0.3, -0.25) is 14.7 Å². The van der Waals surface area contributed by atoms with Crippen molar-refractivity contribution >= 4 is 18.4 Å². The number of ether oxygens (including phenoxy) is 1. The predicted molar refractivity (Wildman–Crippen MR) is 176 cm³/mol. The summed E-state index contributed by atoms with van der Waals surface area (Å²) in [7, 11) is 0. The zero-order valence-electron chi connectivity index (χ0n) is 25.7. The maximum Gasteiger partial charge on any atom is 0.209 e. The molecule has 9 heteroatoms. The highest BCUT2D eigenvalue weighted by Crippen LogP contribution is 2.28. The lowest BCUT2D eigenvalue weighted by Gasteiger charge is -2.33. The lowest BCUT2D eigenvalue weighted by molar-refractivity contribution is -0.119. The van der Waals surface area contributed by atoms with Gasteiger partial charge in [0.2, 0.25) is 6.41 Å². The van der Waals surface area contributed by atoms with Crippen molar-refractivity contribution in [2.75, 3.05) is 45.9 Å². The highest BCUT2D eigenvalue weighted by atomic mass is 32.2. The molecule has 1 saturated carbocycles. The standard InChI is InChI=1S/C29H34FN3OS.C6H12N2O/c30-26-9-7-25(8-10-26)29-15-6-24(20-31-29)21-32-16-18-33(19-17-32)35-28-13-11-27(12-14-28)34-22-23-4-2-1-3-5-23;7-6-1-3-8(5-9)4-2-6/h6-15,20,23H,1-5,16-19,21-22H2;5-6H,1-4,7H2. The second-order valence-electron chi connectivity index (χ2n) is 12.1. The number of piperidine rings is 1. The number of pyridine rings is 1. The van der Waals surface area contributed by atoms with Crippen molar-refractivity contribution in [3.63, 3.8) is 0 Å². The van der Waals surface area contributed by atoms with Crippen LogP contribution < -0.4 is 10.5 Å². The fraction of sp³-hybridized carbons (Fsp3) is 0.486. The summed E-state index contributed by atoms with van der Waals surface area (Å²) >= 11 is 1.84. The van der Waals surface area contributed by atoms with Crippen LogP contribution in [0.1, 0.15) is 50.5 Å². The van der Waals surface area contributed by atoms with Gasteiger partial charge in [0.25, 0.3) is 0 Å². The van der Waals surface area contributed by atoms with Crippen LogP contribution in [0.2, 0.25) is 0 Å². The van der Waals surface area contributed by atoms with Gasteiger partial charge in [-0.1, -0.05) is 25.3 Å². The van der Waals surface area contributed by atoms with Crippen molar-refractivity contribution < 1.29 is 13.9 Å². The molecule has 0 spiro atoms. The Kier molecular flexibility index (Phi) is 12.5. The normalized spacial score (nSPS) is 18.8. The number of likely N-dealkylation sites (tertiary alicyclic amines) is 1. The van der Waals surface area contributed by atoms with Crippen LogP contribution in [0.4, 0.5) is 4.39 Å². The van der Waals surface area contributed by atoms with Gasteiger partial charge in [0.05, 0.1) is 12.3 Å². The molecule has 44 heavy (non-hydrogen) atoms.